The number of hydrogen-bond donors (Lipinski definition) is 2. The average molecular weight is 273 g/mol. The van der Waals surface area contributed by atoms with Gasteiger partial charge in [0.2, 0.25) is 5.91 Å². The van der Waals surface area contributed by atoms with Gasteiger partial charge in [-0.15, -0.1) is 12.4 Å². The van der Waals surface area contributed by atoms with E-state index in [4.69, 9.17) is 10.5 Å². The number of benzene rings is 1. The zero-order valence-electron chi connectivity index (χ0n) is 10.8. The van der Waals surface area contributed by atoms with Crippen molar-refractivity contribution in [1.29, 1.82) is 0 Å². The van der Waals surface area contributed by atoms with Gasteiger partial charge in [0, 0.05) is 20.2 Å². The van der Waals surface area contributed by atoms with Gasteiger partial charge in [-0.1, -0.05) is 24.3 Å². The van der Waals surface area contributed by atoms with Crippen LogP contribution in [-0.2, 0) is 16.0 Å². The number of halogens is 1. The number of methoxy groups -OCH3 is 1. The molecule has 0 radical (unpaired) electrons. The fraction of sp³-hybridized carbons (Fsp3) is 0.462. The van der Waals surface area contributed by atoms with Gasteiger partial charge in [0.15, 0.2) is 0 Å². The molecular weight excluding hydrogens is 252 g/mol. The first-order valence-corrected chi connectivity index (χ1v) is 5.74. The summed E-state index contributed by atoms with van der Waals surface area (Å²) in [6.07, 6.45) is 0.270. The van der Waals surface area contributed by atoms with Gasteiger partial charge in [0.1, 0.15) is 6.10 Å². The summed E-state index contributed by atoms with van der Waals surface area (Å²) >= 11 is 0. The Labute approximate surface area is 114 Å². The zero-order valence-corrected chi connectivity index (χ0v) is 11.6. The maximum absolute atomic E-state index is 11.6. The van der Waals surface area contributed by atoms with E-state index in [1.165, 1.54) is 18.2 Å². The van der Waals surface area contributed by atoms with Crippen LogP contribution in [0, 0.1) is 6.92 Å². The van der Waals surface area contributed by atoms with Gasteiger partial charge in [0.25, 0.3) is 0 Å². The predicted molar refractivity (Wildman–Crippen MR) is 75.0 cm³/mol. The minimum Gasteiger partial charge on any atom is -0.370 e. The minimum absolute atomic E-state index is 0. The summed E-state index contributed by atoms with van der Waals surface area (Å²) in [7, 11) is 1.48. The van der Waals surface area contributed by atoms with Crippen LogP contribution in [0.4, 0.5) is 0 Å². The van der Waals surface area contributed by atoms with Gasteiger partial charge in [0.05, 0.1) is 0 Å². The summed E-state index contributed by atoms with van der Waals surface area (Å²) in [5, 5.41) is 2.82. The number of carbonyl (C=O) groups is 1. The Balaban J connectivity index is 0.00000289. The molecule has 1 aromatic rings. The monoisotopic (exact) mass is 272 g/mol. The van der Waals surface area contributed by atoms with E-state index in [9.17, 15) is 4.79 Å². The summed E-state index contributed by atoms with van der Waals surface area (Å²) in [6.45, 7) is 2.87. The van der Waals surface area contributed by atoms with Crippen LogP contribution in [0.25, 0.3) is 0 Å². The first-order valence-electron chi connectivity index (χ1n) is 5.74. The summed E-state index contributed by atoms with van der Waals surface area (Å²) in [4.78, 5) is 11.6. The SMILES string of the molecule is COC(CN)C(=O)NCCc1ccccc1C.Cl. The Morgan fingerprint density at radius 2 is 2.11 bits per heavy atom. The molecule has 1 unspecified atom stereocenters. The number of nitrogens with two attached hydrogens (primary N) is 1. The molecule has 0 bridgehead atoms. The second-order valence-corrected chi connectivity index (χ2v) is 3.93. The molecule has 0 aliphatic carbocycles. The van der Waals surface area contributed by atoms with Crippen LogP contribution >= 0.6 is 12.4 Å². The lowest BCUT2D eigenvalue weighted by atomic mass is 10.1. The molecule has 0 saturated heterocycles. The van der Waals surface area contributed by atoms with E-state index in [1.807, 2.05) is 12.1 Å². The Morgan fingerprint density at radius 1 is 1.44 bits per heavy atom. The molecule has 3 N–H and O–H groups in total. The van der Waals surface area contributed by atoms with Crippen molar-refractivity contribution in [3.63, 3.8) is 0 Å². The molecule has 4 nitrogen and oxygen atoms in total. The molecule has 0 aromatic heterocycles. The number of rotatable bonds is 6. The highest BCUT2D eigenvalue weighted by Gasteiger charge is 2.14. The number of ether oxygens (including phenoxy) is 1. The van der Waals surface area contributed by atoms with Crippen LogP contribution in [0.1, 0.15) is 11.1 Å². The van der Waals surface area contributed by atoms with Crippen molar-refractivity contribution in [2.24, 2.45) is 5.73 Å². The fourth-order valence-corrected chi connectivity index (χ4v) is 1.64. The summed E-state index contributed by atoms with van der Waals surface area (Å²) in [5.74, 6) is -0.149. The van der Waals surface area contributed by atoms with Crippen molar-refractivity contribution < 1.29 is 9.53 Å². The average Bonchev–Trinajstić information content (AvgIpc) is 2.33. The molecule has 18 heavy (non-hydrogen) atoms. The third-order valence-corrected chi connectivity index (χ3v) is 2.75. The Bertz CT molecular complexity index is 368. The third-order valence-electron chi connectivity index (χ3n) is 2.75. The number of nitrogens with one attached hydrogen (secondary N) is 1. The smallest absolute Gasteiger partial charge is 0.250 e. The zero-order chi connectivity index (χ0) is 12.7. The lowest BCUT2D eigenvalue weighted by Crippen LogP contribution is -2.41. The van der Waals surface area contributed by atoms with Gasteiger partial charge < -0.3 is 15.8 Å². The summed E-state index contributed by atoms with van der Waals surface area (Å²) in [5.41, 5.74) is 7.89. The number of amides is 1. The molecule has 0 saturated carbocycles. The van der Waals surface area contributed by atoms with E-state index in [-0.39, 0.29) is 24.9 Å². The number of hydrogen-bond acceptors (Lipinski definition) is 3. The fourth-order valence-electron chi connectivity index (χ4n) is 1.64. The molecule has 1 rings (SSSR count). The van der Waals surface area contributed by atoms with Gasteiger partial charge in [-0.2, -0.15) is 0 Å². The van der Waals surface area contributed by atoms with Crippen LogP contribution in [-0.4, -0.2) is 32.2 Å². The molecular formula is C13H21ClN2O2. The third kappa shape index (κ3) is 5.04. The number of aryl methyl sites for hydroxylation is 1. The topological polar surface area (TPSA) is 64.3 Å². The molecule has 102 valence electrons. The lowest BCUT2D eigenvalue weighted by molar-refractivity contribution is -0.130. The lowest BCUT2D eigenvalue weighted by Gasteiger charge is -2.13. The molecule has 0 aliphatic heterocycles. The highest BCUT2D eigenvalue weighted by Crippen LogP contribution is 2.06. The van der Waals surface area contributed by atoms with Gasteiger partial charge in [-0.05, 0) is 24.5 Å². The molecule has 1 atom stereocenters. The van der Waals surface area contributed by atoms with Crippen LogP contribution < -0.4 is 11.1 Å². The van der Waals surface area contributed by atoms with Crippen molar-refractivity contribution in [3.05, 3.63) is 35.4 Å². The highest BCUT2D eigenvalue weighted by atomic mass is 35.5. The Hall–Kier alpha value is -1.10. The second-order valence-electron chi connectivity index (χ2n) is 3.93. The van der Waals surface area contributed by atoms with E-state index in [0.29, 0.717) is 6.54 Å². The maximum atomic E-state index is 11.6. The largest absolute Gasteiger partial charge is 0.370 e. The van der Waals surface area contributed by atoms with E-state index >= 15 is 0 Å². The normalized spacial score (nSPS) is 11.5. The Morgan fingerprint density at radius 3 is 2.67 bits per heavy atom. The molecule has 0 heterocycles. The molecule has 1 amide bonds. The second kappa shape index (κ2) is 8.91. The van der Waals surface area contributed by atoms with Crippen molar-refractivity contribution in [2.75, 3.05) is 20.2 Å². The first-order chi connectivity index (χ1) is 8.19. The Kier molecular flexibility index (Phi) is 8.37. The van der Waals surface area contributed by atoms with Crippen molar-refractivity contribution >= 4 is 18.3 Å². The van der Waals surface area contributed by atoms with Crippen LogP contribution in [0.5, 0.6) is 0 Å². The minimum atomic E-state index is -0.549. The summed E-state index contributed by atoms with van der Waals surface area (Å²) in [6, 6.07) is 8.14. The van der Waals surface area contributed by atoms with E-state index in [1.54, 1.807) is 0 Å². The molecule has 5 heteroatoms. The van der Waals surface area contributed by atoms with Gasteiger partial charge in [-0.3, -0.25) is 4.79 Å². The predicted octanol–water partition coefficient (Wildman–Crippen LogP) is 1.05. The van der Waals surface area contributed by atoms with Crippen LogP contribution in [0.2, 0.25) is 0 Å². The highest BCUT2D eigenvalue weighted by molar-refractivity contribution is 5.85. The quantitative estimate of drug-likeness (QED) is 0.814. The number of carbonyl (C=O) groups excluding carboxylic acids is 1. The summed E-state index contributed by atoms with van der Waals surface area (Å²) < 4.78 is 4.95. The molecule has 0 fully saturated rings. The van der Waals surface area contributed by atoms with Crippen LogP contribution in [0.15, 0.2) is 24.3 Å². The molecule has 1 aromatic carbocycles. The van der Waals surface area contributed by atoms with E-state index in [2.05, 4.69) is 24.4 Å². The first kappa shape index (κ1) is 16.9. The van der Waals surface area contributed by atoms with Gasteiger partial charge >= 0.3 is 0 Å². The van der Waals surface area contributed by atoms with Crippen molar-refractivity contribution in [1.82, 2.24) is 5.32 Å². The standard InChI is InChI=1S/C13H20N2O2.ClH/c1-10-5-3-4-6-11(10)7-8-15-13(16)12(9-14)17-2;/h3-6,12H,7-9,14H2,1-2H3,(H,15,16);1H. The van der Waals surface area contributed by atoms with E-state index < -0.39 is 6.10 Å². The van der Waals surface area contributed by atoms with E-state index in [0.717, 1.165) is 6.42 Å². The molecule has 0 spiro atoms. The van der Waals surface area contributed by atoms with Crippen LogP contribution in [0.3, 0.4) is 0 Å². The van der Waals surface area contributed by atoms with Crippen molar-refractivity contribution in [2.45, 2.75) is 19.4 Å². The molecule has 0 aliphatic rings. The van der Waals surface area contributed by atoms with Crippen molar-refractivity contribution in [3.8, 4) is 0 Å². The van der Waals surface area contributed by atoms with Gasteiger partial charge in [-0.25, -0.2) is 0 Å². The maximum Gasteiger partial charge on any atom is 0.250 e.